The molecule has 0 bridgehead atoms. The smallest absolute Gasteiger partial charge is 0.450 e. The number of methoxy groups -OCH3 is 1. The molecular formula is C14H11F3O4. The van der Waals surface area contributed by atoms with Crippen molar-refractivity contribution in [2.24, 2.45) is 0 Å². The number of hydrogen-bond acceptors (Lipinski definition) is 4. The van der Waals surface area contributed by atoms with Crippen LogP contribution < -0.4 is 0 Å². The van der Waals surface area contributed by atoms with E-state index in [1.807, 2.05) is 0 Å². The maximum atomic E-state index is 12.0. The summed E-state index contributed by atoms with van der Waals surface area (Å²) in [7, 11) is 1.21. The highest BCUT2D eigenvalue weighted by Crippen LogP contribution is 2.19. The summed E-state index contributed by atoms with van der Waals surface area (Å²) in [6.07, 6.45) is -3.66. The quantitative estimate of drug-likeness (QED) is 0.363. The van der Waals surface area contributed by atoms with E-state index < -0.39 is 30.1 Å². The van der Waals surface area contributed by atoms with Crippen LogP contribution >= 0.6 is 0 Å². The Balaban J connectivity index is 2.74. The Labute approximate surface area is 118 Å². The van der Waals surface area contributed by atoms with E-state index in [9.17, 15) is 27.6 Å². The third-order valence-corrected chi connectivity index (χ3v) is 2.48. The molecule has 1 rings (SSSR count). The molecule has 0 amide bonds. The molecule has 112 valence electrons. The number of carbonyl (C=O) groups excluding carboxylic acids is 3. The predicted molar refractivity (Wildman–Crippen MR) is 67.5 cm³/mol. The minimum Gasteiger partial charge on any atom is -0.466 e. The van der Waals surface area contributed by atoms with E-state index in [2.05, 4.69) is 4.74 Å². The van der Waals surface area contributed by atoms with Gasteiger partial charge in [0, 0.05) is 11.6 Å². The summed E-state index contributed by atoms with van der Waals surface area (Å²) in [6, 6.07) is 5.43. The lowest BCUT2D eigenvalue weighted by molar-refractivity contribution is -0.170. The van der Waals surface area contributed by atoms with Gasteiger partial charge in [-0.1, -0.05) is 24.3 Å². The van der Waals surface area contributed by atoms with Crippen LogP contribution in [0.3, 0.4) is 0 Å². The average molecular weight is 300 g/mol. The van der Waals surface area contributed by atoms with E-state index in [0.29, 0.717) is 5.56 Å². The van der Waals surface area contributed by atoms with Gasteiger partial charge in [0.05, 0.1) is 13.5 Å². The van der Waals surface area contributed by atoms with Gasteiger partial charge in [-0.15, -0.1) is 0 Å². The van der Waals surface area contributed by atoms with Gasteiger partial charge in [0.15, 0.2) is 5.78 Å². The topological polar surface area (TPSA) is 60.4 Å². The molecule has 4 nitrogen and oxygen atoms in total. The SMILES string of the molecule is COC(=O)C=Cc1ccc(C(=O)CC(=O)C(F)(F)F)cc1. The van der Waals surface area contributed by atoms with Crippen LogP contribution in [0.15, 0.2) is 30.3 Å². The second-order valence-corrected chi connectivity index (χ2v) is 4.00. The van der Waals surface area contributed by atoms with Crippen molar-refractivity contribution in [2.45, 2.75) is 12.6 Å². The van der Waals surface area contributed by atoms with Crippen LogP contribution in [0.1, 0.15) is 22.3 Å². The molecule has 1 aromatic carbocycles. The van der Waals surface area contributed by atoms with E-state index in [1.54, 1.807) is 0 Å². The first-order chi connectivity index (χ1) is 9.74. The molecule has 0 saturated heterocycles. The Bertz CT molecular complexity index is 571. The average Bonchev–Trinajstić information content (AvgIpc) is 2.44. The second-order valence-electron chi connectivity index (χ2n) is 4.00. The maximum Gasteiger partial charge on any atom is 0.450 e. The number of hydrogen-bond donors (Lipinski definition) is 0. The van der Waals surface area contributed by atoms with Crippen LogP contribution in [0, 0.1) is 0 Å². The number of benzene rings is 1. The summed E-state index contributed by atoms with van der Waals surface area (Å²) < 4.78 is 40.5. The third kappa shape index (κ3) is 5.21. The molecule has 0 aromatic heterocycles. The van der Waals surface area contributed by atoms with Crippen molar-refractivity contribution in [1.29, 1.82) is 0 Å². The Morgan fingerprint density at radius 1 is 1.14 bits per heavy atom. The number of ether oxygens (including phenoxy) is 1. The zero-order chi connectivity index (χ0) is 16.0. The Hall–Kier alpha value is -2.44. The van der Waals surface area contributed by atoms with E-state index in [-0.39, 0.29) is 5.56 Å². The first-order valence-corrected chi connectivity index (χ1v) is 5.73. The number of halogens is 3. The minimum absolute atomic E-state index is 0.0113. The van der Waals surface area contributed by atoms with Gasteiger partial charge in [0.2, 0.25) is 5.78 Å². The van der Waals surface area contributed by atoms with Crippen LogP contribution in [0.5, 0.6) is 0 Å². The van der Waals surface area contributed by atoms with Gasteiger partial charge in [-0.25, -0.2) is 4.79 Å². The maximum absolute atomic E-state index is 12.0. The molecule has 0 heterocycles. The molecule has 0 aliphatic carbocycles. The Morgan fingerprint density at radius 3 is 2.19 bits per heavy atom. The normalized spacial score (nSPS) is 11.4. The monoisotopic (exact) mass is 300 g/mol. The molecule has 0 atom stereocenters. The summed E-state index contributed by atoms with van der Waals surface area (Å²) in [4.78, 5) is 33.1. The molecule has 7 heteroatoms. The fraction of sp³-hybridized carbons (Fsp3) is 0.214. The van der Waals surface area contributed by atoms with Crippen LogP contribution in [0.2, 0.25) is 0 Å². The highest BCUT2D eigenvalue weighted by Gasteiger charge is 2.39. The highest BCUT2D eigenvalue weighted by molar-refractivity contribution is 6.09. The Kier molecular flexibility index (Phi) is 5.40. The van der Waals surface area contributed by atoms with Crippen molar-refractivity contribution in [3.8, 4) is 0 Å². The lowest BCUT2D eigenvalue weighted by atomic mass is 10.0. The van der Waals surface area contributed by atoms with Crippen molar-refractivity contribution < 1.29 is 32.3 Å². The first kappa shape index (κ1) is 16.6. The van der Waals surface area contributed by atoms with Gasteiger partial charge < -0.3 is 4.74 Å². The molecule has 0 saturated carbocycles. The number of alkyl halides is 3. The van der Waals surface area contributed by atoms with Crippen molar-refractivity contribution in [2.75, 3.05) is 7.11 Å². The van der Waals surface area contributed by atoms with Crippen LogP contribution in [-0.2, 0) is 14.3 Å². The highest BCUT2D eigenvalue weighted by atomic mass is 19.4. The molecule has 0 fully saturated rings. The number of carbonyl (C=O) groups is 3. The molecular weight excluding hydrogens is 289 g/mol. The molecule has 0 aliphatic rings. The van der Waals surface area contributed by atoms with Crippen molar-refractivity contribution >= 4 is 23.6 Å². The van der Waals surface area contributed by atoms with Gasteiger partial charge in [-0.2, -0.15) is 13.2 Å². The lowest BCUT2D eigenvalue weighted by Crippen LogP contribution is -2.25. The summed E-state index contributed by atoms with van der Waals surface area (Å²) in [5.74, 6) is -3.56. The number of rotatable bonds is 5. The number of ketones is 2. The molecule has 0 radical (unpaired) electrons. The van der Waals surface area contributed by atoms with E-state index in [0.717, 1.165) is 6.08 Å². The summed E-state index contributed by atoms with van der Waals surface area (Å²) in [5, 5.41) is 0. The summed E-state index contributed by atoms with van der Waals surface area (Å²) in [5.41, 5.74) is 0.543. The van der Waals surface area contributed by atoms with Crippen molar-refractivity contribution in [1.82, 2.24) is 0 Å². The van der Waals surface area contributed by atoms with Crippen LogP contribution in [-0.4, -0.2) is 30.8 Å². The zero-order valence-corrected chi connectivity index (χ0v) is 10.9. The molecule has 0 aliphatic heterocycles. The second kappa shape index (κ2) is 6.83. The largest absolute Gasteiger partial charge is 0.466 e. The van der Waals surface area contributed by atoms with Gasteiger partial charge in [0.1, 0.15) is 0 Å². The number of esters is 1. The lowest BCUT2D eigenvalue weighted by Gasteiger charge is -2.04. The molecule has 0 unspecified atom stereocenters. The zero-order valence-electron chi connectivity index (χ0n) is 10.9. The summed E-state index contributed by atoms with van der Waals surface area (Å²) >= 11 is 0. The standard InChI is InChI=1S/C14H11F3O4/c1-21-13(20)7-4-9-2-5-10(6-3-9)11(18)8-12(19)14(15,16)17/h2-7H,8H2,1H3. The van der Waals surface area contributed by atoms with Gasteiger partial charge in [-0.3, -0.25) is 9.59 Å². The summed E-state index contributed by atoms with van der Waals surface area (Å²) in [6.45, 7) is 0. The van der Waals surface area contributed by atoms with Gasteiger partial charge >= 0.3 is 12.1 Å². The fourth-order valence-electron chi connectivity index (χ4n) is 1.36. The first-order valence-electron chi connectivity index (χ1n) is 5.73. The van der Waals surface area contributed by atoms with Gasteiger partial charge in [-0.05, 0) is 11.6 Å². The minimum atomic E-state index is -5.02. The van der Waals surface area contributed by atoms with Crippen molar-refractivity contribution in [3.63, 3.8) is 0 Å². The van der Waals surface area contributed by atoms with Gasteiger partial charge in [0.25, 0.3) is 0 Å². The van der Waals surface area contributed by atoms with Crippen LogP contribution in [0.25, 0.3) is 6.08 Å². The fourth-order valence-corrected chi connectivity index (χ4v) is 1.36. The van der Waals surface area contributed by atoms with E-state index >= 15 is 0 Å². The molecule has 1 aromatic rings. The third-order valence-electron chi connectivity index (χ3n) is 2.48. The van der Waals surface area contributed by atoms with Crippen molar-refractivity contribution in [3.05, 3.63) is 41.5 Å². The molecule has 0 N–H and O–H groups in total. The van der Waals surface area contributed by atoms with Crippen LogP contribution in [0.4, 0.5) is 13.2 Å². The molecule has 21 heavy (non-hydrogen) atoms. The van der Waals surface area contributed by atoms with E-state index in [1.165, 1.54) is 37.5 Å². The molecule has 0 spiro atoms. The van der Waals surface area contributed by atoms with E-state index in [4.69, 9.17) is 0 Å². The predicted octanol–water partition coefficient (Wildman–Crippen LogP) is 2.58. The number of Topliss-reactive ketones (excluding diaryl/α,β-unsaturated/α-hetero) is 2. The Morgan fingerprint density at radius 2 is 1.71 bits per heavy atom.